The highest BCUT2D eigenvalue weighted by Crippen LogP contribution is 2.14. The van der Waals surface area contributed by atoms with Crippen LogP contribution in [0.3, 0.4) is 0 Å². The van der Waals surface area contributed by atoms with E-state index in [1.807, 2.05) is 6.92 Å². The van der Waals surface area contributed by atoms with Gasteiger partial charge in [-0.25, -0.2) is 0 Å². The summed E-state index contributed by atoms with van der Waals surface area (Å²) in [5.41, 5.74) is 0.957. The molecule has 1 aromatic rings. The van der Waals surface area contributed by atoms with Crippen LogP contribution in [0.15, 0.2) is 24.3 Å². The zero-order valence-corrected chi connectivity index (χ0v) is 9.70. The highest BCUT2D eigenvalue weighted by molar-refractivity contribution is 5.27. The average Bonchev–Trinajstić information content (AvgIpc) is 2.32. The maximum Gasteiger partial charge on any atom is 0.387 e. The molecule has 0 saturated carbocycles. The zero-order valence-electron chi connectivity index (χ0n) is 9.70. The van der Waals surface area contributed by atoms with E-state index in [9.17, 15) is 8.78 Å². The Morgan fingerprint density at radius 2 is 1.94 bits per heavy atom. The Morgan fingerprint density at radius 3 is 2.41 bits per heavy atom. The molecule has 2 N–H and O–H groups in total. The Bertz CT molecular complexity index is 313. The van der Waals surface area contributed by atoms with E-state index in [2.05, 4.69) is 10.1 Å². The van der Waals surface area contributed by atoms with E-state index >= 15 is 0 Å². The van der Waals surface area contributed by atoms with Crippen LogP contribution in [0.25, 0.3) is 0 Å². The fourth-order valence-corrected chi connectivity index (χ4v) is 1.39. The van der Waals surface area contributed by atoms with Gasteiger partial charge in [-0.3, -0.25) is 0 Å². The van der Waals surface area contributed by atoms with Crippen molar-refractivity contribution in [2.45, 2.75) is 32.5 Å². The normalized spacial score (nSPS) is 12.8. The van der Waals surface area contributed by atoms with Gasteiger partial charge in [-0.1, -0.05) is 19.1 Å². The summed E-state index contributed by atoms with van der Waals surface area (Å²) in [5, 5.41) is 12.1. The van der Waals surface area contributed by atoms with Crippen LogP contribution in [0.1, 0.15) is 18.9 Å². The van der Waals surface area contributed by atoms with Crippen molar-refractivity contribution in [3.8, 4) is 5.75 Å². The molecule has 0 radical (unpaired) electrons. The SMILES string of the molecule is CC[C@@H](CO)NCc1ccc(OC(F)F)cc1. The molecule has 1 rings (SSSR count). The standard InChI is InChI=1S/C12H17F2NO2/c1-2-10(8-16)15-7-9-3-5-11(6-4-9)17-12(13)14/h3-6,10,12,15-16H,2,7-8H2,1H3/t10-/m0/s1. The van der Waals surface area contributed by atoms with Crippen LogP contribution >= 0.6 is 0 Å². The quantitative estimate of drug-likeness (QED) is 0.773. The van der Waals surface area contributed by atoms with Crippen LogP contribution in [-0.2, 0) is 6.54 Å². The Kier molecular flexibility index (Phi) is 5.86. The van der Waals surface area contributed by atoms with Crippen LogP contribution in [0, 0.1) is 0 Å². The van der Waals surface area contributed by atoms with Gasteiger partial charge in [-0.15, -0.1) is 0 Å². The van der Waals surface area contributed by atoms with Gasteiger partial charge in [0.2, 0.25) is 0 Å². The lowest BCUT2D eigenvalue weighted by Gasteiger charge is -2.14. The van der Waals surface area contributed by atoms with Crippen LogP contribution in [0.2, 0.25) is 0 Å². The highest BCUT2D eigenvalue weighted by Gasteiger charge is 2.05. The third-order valence-electron chi connectivity index (χ3n) is 2.46. The van der Waals surface area contributed by atoms with E-state index < -0.39 is 6.61 Å². The Hall–Kier alpha value is -1.20. The molecule has 1 atom stereocenters. The molecule has 96 valence electrons. The molecule has 0 spiro atoms. The van der Waals surface area contributed by atoms with Crippen molar-refractivity contribution < 1.29 is 18.6 Å². The minimum Gasteiger partial charge on any atom is -0.435 e. The molecule has 0 aliphatic rings. The van der Waals surface area contributed by atoms with E-state index in [0.717, 1.165) is 12.0 Å². The number of benzene rings is 1. The highest BCUT2D eigenvalue weighted by atomic mass is 19.3. The summed E-state index contributed by atoms with van der Waals surface area (Å²) in [5.74, 6) is 0.151. The summed E-state index contributed by atoms with van der Waals surface area (Å²) >= 11 is 0. The van der Waals surface area contributed by atoms with E-state index in [1.54, 1.807) is 12.1 Å². The fraction of sp³-hybridized carbons (Fsp3) is 0.500. The maximum atomic E-state index is 11.9. The summed E-state index contributed by atoms with van der Waals surface area (Å²) < 4.78 is 28.1. The molecule has 17 heavy (non-hydrogen) atoms. The van der Waals surface area contributed by atoms with Crippen molar-refractivity contribution in [2.24, 2.45) is 0 Å². The topological polar surface area (TPSA) is 41.5 Å². The predicted octanol–water partition coefficient (Wildman–Crippen LogP) is 2.15. The average molecular weight is 245 g/mol. The molecule has 1 aromatic carbocycles. The second-order valence-corrected chi connectivity index (χ2v) is 3.69. The largest absolute Gasteiger partial charge is 0.435 e. The van der Waals surface area contributed by atoms with E-state index in [1.165, 1.54) is 12.1 Å². The first-order valence-electron chi connectivity index (χ1n) is 5.53. The molecule has 0 bridgehead atoms. The minimum absolute atomic E-state index is 0.0620. The number of hydrogen-bond donors (Lipinski definition) is 2. The summed E-state index contributed by atoms with van der Waals surface area (Å²) in [4.78, 5) is 0. The second-order valence-electron chi connectivity index (χ2n) is 3.69. The number of aliphatic hydroxyl groups is 1. The van der Waals surface area contributed by atoms with Gasteiger partial charge < -0.3 is 15.2 Å². The molecule has 0 saturated heterocycles. The number of nitrogens with one attached hydrogen (secondary N) is 1. The van der Waals surface area contributed by atoms with E-state index in [4.69, 9.17) is 5.11 Å². The second kappa shape index (κ2) is 7.19. The summed E-state index contributed by atoms with van der Waals surface area (Å²) in [7, 11) is 0. The third-order valence-corrected chi connectivity index (χ3v) is 2.46. The molecule has 0 unspecified atom stereocenters. The molecular formula is C12H17F2NO2. The number of ether oxygens (including phenoxy) is 1. The van der Waals surface area contributed by atoms with Crippen LogP contribution in [0.5, 0.6) is 5.75 Å². The van der Waals surface area contributed by atoms with Gasteiger partial charge >= 0.3 is 6.61 Å². The van der Waals surface area contributed by atoms with Gasteiger partial charge in [0, 0.05) is 12.6 Å². The monoisotopic (exact) mass is 245 g/mol. The Morgan fingerprint density at radius 1 is 1.29 bits per heavy atom. The van der Waals surface area contributed by atoms with Gasteiger partial charge in [-0.05, 0) is 24.1 Å². The molecule has 0 heterocycles. The lowest BCUT2D eigenvalue weighted by Crippen LogP contribution is -2.31. The summed E-state index contributed by atoms with van der Waals surface area (Å²) in [6.45, 7) is -0.136. The fourth-order valence-electron chi connectivity index (χ4n) is 1.39. The van der Waals surface area contributed by atoms with E-state index in [-0.39, 0.29) is 18.4 Å². The summed E-state index contributed by atoms with van der Waals surface area (Å²) in [6.07, 6.45) is 0.836. The van der Waals surface area contributed by atoms with Crippen LogP contribution in [-0.4, -0.2) is 24.4 Å². The third kappa shape index (κ3) is 5.10. The lowest BCUT2D eigenvalue weighted by atomic mass is 10.2. The predicted molar refractivity (Wildman–Crippen MR) is 61.1 cm³/mol. The van der Waals surface area contributed by atoms with Crippen molar-refractivity contribution in [1.29, 1.82) is 0 Å². The molecule has 0 fully saturated rings. The number of rotatable bonds is 7. The lowest BCUT2D eigenvalue weighted by molar-refractivity contribution is -0.0498. The van der Waals surface area contributed by atoms with Crippen molar-refractivity contribution in [3.63, 3.8) is 0 Å². The van der Waals surface area contributed by atoms with Gasteiger partial charge in [0.15, 0.2) is 0 Å². The van der Waals surface area contributed by atoms with Gasteiger partial charge in [0.05, 0.1) is 6.61 Å². The van der Waals surface area contributed by atoms with Gasteiger partial charge in [-0.2, -0.15) is 8.78 Å². The molecule has 0 aromatic heterocycles. The van der Waals surface area contributed by atoms with Crippen LogP contribution in [0.4, 0.5) is 8.78 Å². The van der Waals surface area contributed by atoms with Gasteiger partial charge in [0.25, 0.3) is 0 Å². The van der Waals surface area contributed by atoms with Crippen LogP contribution < -0.4 is 10.1 Å². The van der Waals surface area contributed by atoms with Crippen molar-refractivity contribution in [1.82, 2.24) is 5.32 Å². The summed E-state index contributed by atoms with van der Waals surface area (Å²) in [6, 6.07) is 6.50. The Balaban J connectivity index is 2.45. The van der Waals surface area contributed by atoms with Crippen molar-refractivity contribution >= 4 is 0 Å². The molecule has 0 aliphatic heterocycles. The molecule has 0 aliphatic carbocycles. The smallest absolute Gasteiger partial charge is 0.387 e. The molecular weight excluding hydrogens is 228 g/mol. The first-order chi connectivity index (χ1) is 8.15. The van der Waals surface area contributed by atoms with Crippen molar-refractivity contribution in [2.75, 3.05) is 6.61 Å². The maximum absolute atomic E-state index is 11.9. The molecule has 3 nitrogen and oxygen atoms in total. The zero-order chi connectivity index (χ0) is 12.7. The number of halogens is 2. The number of aliphatic hydroxyl groups excluding tert-OH is 1. The van der Waals surface area contributed by atoms with Crippen molar-refractivity contribution in [3.05, 3.63) is 29.8 Å². The molecule has 5 heteroatoms. The minimum atomic E-state index is -2.79. The van der Waals surface area contributed by atoms with E-state index in [0.29, 0.717) is 6.54 Å². The first kappa shape index (κ1) is 13.9. The number of alkyl halides is 2. The number of hydrogen-bond acceptors (Lipinski definition) is 3. The Labute approximate surface area is 99.4 Å². The first-order valence-corrected chi connectivity index (χ1v) is 5.53. The molecule has 0 amide bonds. The van der Waals surface area contributed by atoms with Gasteiger partial charge in [0.1, 0.15) is 5.75 Å².